The Morgan fingerprint density at radius 3 is 2.63 bits per heavy atom. The molecule has 0 aliphatic rings. The van der Waals surface area contributed by atoms with E-state index in [1.165, 1.54) is 29.0 Å². The van der Waals surface area contributed by atoms with Crippen molar-refractivity contribution in [3.8, 4) is 11.5 Å². The summed E-state index contributed by atoms with van der Waals surface area (Å²) >= 11 is 0. The molecule has 1 heterocycles. The number of nitrogen functional groups attached to an aromatic ring is 1. The molecule has 0 fully saturated rings. The van der Waals surface area contributed by atoms with Crippen LogP contribution in [0.2, 0.25) is 0 Å². The Morgan fingerprint density at radius 2 is 1.93 bits per heavy atom. The van der Waals surface area contributed by atoms with Crippen LogP contribution in [0, 0.1) is 0 Å². The van der Waals surface area contributed by atoms with E-state index >= 15 is 0 Å². The molecule has 3 rings (SSSR count). The van der Waals surface area contributed by atoms with Crippen molar-refractivity contribution in [2.24, 2.45) is 0 Å². The summed E-state index contributed by atoms with van der Waals surface area (Å²) in [5, 5.41) is 19.8. The zero-order valence-corrected chi connectivity index (χ0v) is 14.8. The number of carbonyl (C=O) groups excluding carboxylic acids is 1. The van der Waals surface area contributed by atoms with Gasteiger partial charge < -0.3 is 15.9 Å². The zero-order chi connectivity index (χ0) is 19.6. The van der Waals surface area contributed by atoms with Gasteiger partial charge in [0.05, 0.1) is 11.2 Å². The lowest BCUT2D eigenvalue weighted by molar-refractivity contribution is 0.0956. The van der Waals surface area contributed by atoms with Crippen LogP contribution in [-0.4, -0.2) is 20.7 Å². The normalized spacial score (nSPS) is 11.7. The number of carbonyl (C=O) groups is 1. The van der Waals surface area contributed by atoms with Crippen molar-refractivity contribution in [3.05, 3.63) is 70.0 Å². The second-order valence-electron chi connectivity index (χ2n) is 6.27. The van der Waals surface area contributed by atoms with Crippen LogP contribution in [-0.2, 0) is 0 Å². The number of hydrogen-bond donors (Lipinski definition) is 3. The minimum absolute atomic E-state index is 0.0263. The number of fused-ring (bicyclic) bond motifs is 1. The van der Waals surface area contributed by atoms with Crippen molar-refractivity contribution >= 4 is 28.6 Å². The number of allylic oxidation sites excluding steroid dienone is 1. The minimum atomic E-state index is -0.387. The maximum Gasteiger partial charge on any atom is 0.258 e. The van der Waals surface area contributed by atoms with Crippen LogP contribution in [0.1, 0.15) is 30.1 Å². The molecule has 0 amide bonds. The Morgan fingerprint density at radius 1 is 1.19 bits per heavy atom. The molecule has 0 atom stereocenters. The monoisotopic (exact) mass is 364 g/mol. The number of hydrogen-bond acceptors (Lipinski definition) is 5. The Bertz CT molecular complexity index is 1090. The van der Waals surface area contributed by atoms with Crippen molar-refractivity contribution in [1.29, 1.82) is 0 Å². The lowest BCUT2D eigenvalue weighted by Crippen LogP contribution is -2.17. The number of benzene rings is 2. The largest absolute Gasteiger partial charge is 0.504 e. The van der Waals surface area contributed by atoms with Gasteiger partial charge in [0, 0.05) is 23.2 Å². The van der Waals surface area contributed by atoms with Crippen LogP contribution >= 0.6 is 0 Å². The van der Waals surface area contributed by atoms with Gasteiger partial charge in [-0.05, 0) is 42.3 Å². The first-order valence-corrected chi connectivity index (χ1v) is 8.59. The summed E-state index contributed by atoms with van der Waals surface area (Å²) in [6.45, 7) is 1.95. The van der Waals surface area contributed by atoms with Crippen molar-refractivity contribution in [2.45, 2.75) is 19.8 Å². The first-order valence-electron chi connectivity index (χ1n) is 8.59. The highest BCUT2D eigenvalue weighted by atomic mass is 16.3. The topological polar surface area (TPSA) is 106 Å². The summed E-state index contributed by atoms with van der Waals surface area (Å²) in [5.74, 6) is -1.00. The fraction of sp³-hybridized carbons (Fsp3) is 0.143. The lowest BCUT2D eigenvalue weighted by Gasteiger charge is -2.12. The summed E-state index contributed by atoms with van der Waals surface area (Å²) in [4.78, 5) is 25.2. The van der Waals surface area contributed by atoms with E-state index in [1.54, 1.807) is 30.3 Å². The molecule has 0 aliphatic carbocycles. The van der Waals surface area contributed by atoms with Gasteiger partial charge in [-0.15, -0.1) is 0 Å². The fourth-order valence-electron chi connectivity index (χ4n) is 2.99. The quantitative estimate of drug-likeness (QED) is 0.373. The number of para-hydroxylation sites is 1. The third kappa shape index (κ3) is 3.55. The minimum Gasteiger partial charge on any atom is -0.504 e. The fourth-order valence-corrected chi connectivity index (χ4v) is 2.99. The molecule has 3 aromatic rings. The highest BCUT2D eigenvalue weighted by Crippen LogP contribution is 2.33. The van der Waals surface area contributed by atoms with Gasteiger partial charge in [0.25, 0.3) is 5.91 Å². The van der Waals surface area contributed by atoms with Gasteiger partial charge in [-0.1, -0.05) is 25.5 Å². The van der Waals surface area contributed by atoms with Crippen LogP contribution in [0.4, 0.5) is 5.69 Å². The molecule has 6 nitrogen and oxygen atoms in total. The van der Waals surface area contributed by atoms with Crippen LogP contribution < -0.4 is 11.2 Å². The van der Waals surface area contributed by atoms with E-state index < -0.39 is 0 Å². The van der Waals surface area contributed by atoms with Gasteiger partial charge in [0.15, 0.2) is 16.9 Å². The molecule has 27 heavy (non-hydrogen) atoms. The number of nitrogens with two attached hydrogens (primary N) is 1. The number of phenolic OH excluding ortho intramolecular Hbond substituents is 2. The van der Waals surface area contributed by atoms with Crippen LogP contribution in [0.3, 0.4) is 0 Å². The maximum absolute atomic E-state index is 13.2. The molecular formula is C21H20N2O4. The van der Waals surface area contributed by atoms with Crippen molar-refractivity contribution in [1.82, 2.24) is 4.57 Å². The van der Waals surface area contributed by atoms with E-state index in [4.69, 9.17) is 5.73 Å². The SMILES string of the molecule is CCC/C(=C\c1cc(N)c(O)c(O)c1)C(=O)n1ccc(=O)c2ccccc21. The summed E-state index contributed by atoms with van der Waals surface area (Å²) in [7, 11) is 0. The van der Waals surface area contributed by atoms with E-state index in [0.717, 1.165) is 6.42 Å². The molecular weight excluding hydrogens is 344 g/mol. The maximum atomic E-state index is 13.2. The second-order valence-corrected chi connectivity index (χ2v) is 6.27. The smallest absolute Gasteiger partial charge is 0.258 e. The summed E-state index contributed by atoms with van der Waals surface area (Å²) < 4.78 is 1.45. The van der Waals surface area contributed by atoms with Crippen LogP contribution in [0.5, 0.6) is 11.5 Å². The highest BCUT2D eigenvalue weighted by Gasteiger charge is 2.15. The zero-order valence-electron chi connectivity index (χ0n) is 14.8. The third-order valence-corrected chi connectivity index (χ3v) is 4.30. The second kappa shape index (κ2) is 7.37. The number of aromatic nitrogens is 1. The molecule has 2 aromatic carbocycles. The third-order valence-electron chi connectivity index (χ3n) is 4.30. The molecule has 0 radical (unpaired) electrons. The highest BCUT2D eigenvalue weighted by molar-refractivity contribution is 6.04. The summed E-state index contributed by atoms with van der Waals surface area (Å²) in [6.07, 6.45) is 4.34. The van der Waals surface area contributed by atoms with E-state index in [2.05, 4.69) is 0 Å². The molecule has 138 valence electrons. The number of anilines is 1. The molecule has 0 unspecified atom stereocenters. The predicted octanol–water partition coefficient (Wildman–Crippen LogP) is 3.52. The van der Waals surface area contributed by atoms with Crippen molar-refractivity contribution < 1.29 is 15.0 Å². The van der Waals surface area contributed by atoms with Crippen LogP contribution in [0.25, 0.3) is 17.0 Å². The number of pyridine rings is 1. The number of nitrogens with zero attached hydrogens (tertiary/aromatic N) is 1. The molecule has 0 spiro atoms. The molecule has 4 N–H and O–H groups in total. The summed E-state index contributed by atoms with van der Waals surface area (Å²) in [5.41, 5.74) is 7.10. The van der Waals surface area contributed by atoms with Crippen molar-refractivity contribution in [3.63, 3.8) is 0 Å². The standard InChI is InChI=1S/C21H20N2O4/c1-2-5-14(10-13-11-16(22)20(26)19(25)12-13)21(27)23-9-8-18(24)15-6-3-4-7-17(15)23/h3-4,6-12,25-26H,2,5,22H2,1H3/b14-10+. The number of aromatic hydroxyl groups is 2. The van der Waals surface area contributed by atoms with E-state index in [9.17, 15) is 19.8 Å². The molecule has 1 aromatic heterocycles. The number of rotatable bonds is 4. The summed E-state index contributed by atoms with van der Waals surface area (Å²) in [6, 6.07) is 11.1. The van der Waals surface area contributed by atoms with E-state index in [-0.39, 0.29) is 28.5 Å². The molecule has 6 heteroatoms. The Kier molecular flexibility index (Phi) is 4.98. The van der Waals surface area contributed by atoms with E-state index in [0.29, 0.717) is 28.5 Å². The average Bonchev–Trinajstić information content (AvgIpc) is 2.66. The van der Waals surface area contributed by atoms with Gasteiger partial charge in [0.2, 0.25) is 0 Å². The van der Waals surface area contributed by atoms with Gasteiger partial charge in [-0.3, -0.25) is 14.2 Å². The predicted molar refractivity (Wildman–Crippen MR) is 106 cm³/mol. The molecule has 0 saturated heterocycles. The molecule has 0 aliphatic heterocycles. The van der Waals surface area contributed by atoms with Gasteiger partial charge in [-0.2, -0.15) is 0 Å². The van der Waals surface area contributed by atoms with Gasteiger partial charge in [0.1, 0.15) is 0 Å². The Balaban J connectivity index is 2.12. The van der Waals surface area contributed by atoms with Crippen LogP contribution in [0.15, 0.2) is 59.0 Å². The first kappa shape index (κ1) is 18.3. The van der Waals surface area contributed by atoms with Gasteiger partial charge in [-0.25, -0.2) is 0 Å². The Hall–Kier alpha value is -3.54. The first-order chi connectivity index (χ1) is 12.9. The van der Waals surface area contributed by atoms with Gasteiger partial charge >= 0.3 is 0 Å². The average molecular weight is 364 g/mol. The molecule has 0 saturated carbocycles. The lowest BCUT2D eigenvalue weighted by atomic mass is 10.0. The van der Waals surface area contributed by atoms with E-state index in [1.807, 2.05) is 6.92 Å². The Labute approximate surface area is 155 Å². The van der Waals surface area contributed by atoms with Crippen molar-refractivity contribution in [2.75, 3.05) is 5.73 Å². The molecule has 0 bridgehead atoms. The number of phenols is 2.